The topological polar surface area (TPSA) is 86.3 Å². The summed E-state index contributed by atoms with van der Waals surface area (Å²) < 4.78 is 12.4. The van der Waals surface area contributed by atoms with Crippen molar-refractivity contribution in [2.45, 2.75) is 19.6 Å². The van der Waals surface area contributed by atoms with E-state index in [0.717, 1.165) is 11.4 Å². The quantitative estimate of drug-likeness (QED) is 0.705. The minimum Gasteiger partial charge on any atom is -0.487 e. The third kappa shape index (κ3) is 3.23. The van der Waals surface area contributed by atoms with Gasteiger partial charge in [0.1, 0.15) is 23.8 Å². The molecule has 0 atom stereocenters. The molecule has 1 saturated heterocycles. The molecule has 0 saturated carbocycles. The standard InChI is InChI=1S/C17H17N5O3/c1-12-7-16(19-25-12)17(23)21-9-14(10-21)22-8-13(18-20-22)11-24-15-5-3-2-4-6-15/h2-8,14H,9-11H2,1H3. The van der Waals surface area contributed by atoms with Gasteiger partial charge < -0.3 is 14.2 Å². The molecule has 128 valence electrons. The highest BCUT2D eigenvalue weighted by Gasteiger charge is 2.34. The first kappa shape index (κ1) is 15.4. The van der Waals surface area contributed by atoms with Crippen LogP contribution in [0.1, 0.15) is 28.0 Å². The normalized spacial score (nSPS) is 14.4. The van der Waals surface area contributed by atoms with E-state index >= 15 is 0 Å². The van der Waals surface area contributed by atoms with Crippen molar-refractivity contribution in [1.82, 2.24) is 25.1 Å². The summed E-state index contributed by atoms with van der Waals surface area (Å²) in [6, 6.07) is 11.3. The summed E-state index contributed by atoms with van der Waals surface area (Å²) in [5.74, 6) is 1.29. The van der Waals surface area contributed by atoms with Crippen LogP contribution in [-0.4, -0.2) is 44.0 Å². The van der Waals surface area contributed by atoms with Crippen LogP contribution >= 0.6 is 0 Å². The van der Waals surface area contributed by atoms with E-state index in [1.54, 1.807) is 22.6 Å². The Hall–Kier alpha value is -3.16. The average molecular weight is 339 g/mol. The summed E-state index contributed by atoms with van der Waals surface area (Å²) in [6.45, 7) is 3.27. The van der Waals surface area contributed by atoms with Crippen molar-refractivity contribution >= 4 is 5.91 Å². The maximum Gasteiger partial charge on any atom is 0.276 e. The van der Waals surface area contributed by atoms with Crippen molar-refractivity contribution in [2.75, 3.05) is 13.1 Å². The Labute approximate surface area is 144 Å². The van der Waals surface area contributed by atoms with Crippen LogP contribution in [0.3, 0.4) is 0 Å². The van der Waals surface area contributed by atoms with E-state index in [4.69, 9.17) is 9.26 Å². The lowest BCUT2D eigenvalue weighted by Crippen LogP contribution is -2.51. The highest BCUT2D eigenvalue weighted by Crippen LogP contribution is 2.22. The van der Waals surface area contributed by atoms with E-state index in [-0.39, 0.29) is 11.9 Å². The second-order valence-electron chi connectivity index (χ2n) is 5.98. The van der Waals surface area contributed by atoms with Gasteiger partial charge in [0.05, 0.1) is 12.2 Å². The van der Waals surface area contributed by atoms with E-state index < -0.39 is 0 Å². The van der Waals surface area contributed by atoms with Crippen molar-refractivity contribution in [3.05, 3.63) is 59.7 Å². The highest BCUT2D eigenvalue weighted by atomic mass is 16.5. The predicted octanol–water partition coefficient (Wildman–Crippen LogP) is 1.85. The van der Waals surface area contributed by atoms with Crippen LogP contribution in [0.2, 0.25) is 0 Å². The van der Waals surface area contributed by atoms with Crippen LogP contribution < -0.4 is 4.74 Å². The molecule has 1 aliphatic rings. The third-order valence-electron chi connectivity index (χ3n) is 4.06. The third-order valence-corrected chi connectivity index (χ3v) is 4.06. The summed E-state index contributed by atoms with van der Waals surface area (Å²) in [5, 5.41) is 12.0. The maximum absolute atomic E-state index is 12.2. The monoisotopic (exact) mass is 339 g/mol. The molecule has 2 aromatic heterocycles. The molecule has 1 aliphatic heterocycles. The van der Waals surface area contributed by atoms with Crippen LogP contribution in [0.15, 0.2) is 47.1 Å². The van der Waals surface area contributed by atoms with Crippen molar-refractivity contribution in [3.63, 3.8) is 0 Å². The predicted molar refractivity (Wildman–Crippen MR) is 87.0 cm³/mol. The largest absolute Gasteiger partial charge is 0.487 e. The summed E-state index contributed by atoms with van der Waals surface area (Å²) in [5.41, 5.74) is 1.09. The molecule has 0 unspecified atom stereocenters. The van der Waals surface area contributed by atoms with Gasteiger partial charge in [-0.2, -0.15) is 0 Å². The van der Waals surface area contributed by atoms with Gasteiger partial charge in [-0.05, 0) is 19.1 Å². The fraction of sp³-hybridized carbons (Fsp3) is 0.294. The number of nitrogens with zero attached hydrogens (tertiary/aromatic N) is 5. The van der Waals surface area contributed by atoms with Gasteiger partial charge in [0, 0.05) is 19.2 Å². The first-order chi connectivity index (χ1) is 12.2. The summed E-state index contributed by atoms with van der Waals surface area (Å²) in [7, 11) is 0. The second-order valence-corrected chi connectivity index (χ2v) is 5.98. The Kier molecular flexibility index (Phi) is 3.93. The van der Waals surface area contributed by atoms with Crippen LogP contribution in [-0.2, 0) is 6.61 Å². The Bertz CT molecular complexity index is 867. The molecule has 1 amide bonds. The van der Waals surface area contributed by atoms with E-state index in [1.165, 1.54) is 0 Å². The fourth-order valence-corrected chi connectivity index (χ4v) is 2.65. The number of carbonyl (C=O) groups is 1. The second kappa shape index (κ2) is 6.39. The van der Waals surface area contributed by atoms with Crippen LogP contribution in [0.4, 0.5) is 0 Å². The Morgan fingerprint density at radius 2 is 2.12 bits per heavy atom. The molecular formula is C17H17N5O3. The van der Waals surface area contributed by atoms with E-state index in [1.807, 2.05) is 36.5 Å². The van der Waals surface area contributed by atoms with Gasteiger partial charge in [0.25, 0.3) is 5.91 Å². The lowest BCUT2D eigenvalue weighted by Gasteiger charge is -2.38. The number of rotatable bonds is 5. The van der Waals surface area contributed by atoms with Gasteiger partial charge in [0.15, 0.2) is 5.69 Å². The Morgan fingerprint density at radius 1 is 1.32 bits per heavy atom. The molecule has 8 heteroatoms. The van der Waals surface area contributed by atoms with E-state index in [2.05, 4.69) is 15.5 Å². The van der Waals surface area contributed by atoms with Crippen LogP contribution in [0, 0.1) is 6.92 Å². The number of aryl methyl sites for hydroxylation is 1. The van der Waals surface area contributed by atoms with E-state index in [0.29, 0.717) is 31.2 Å². The van der Waals surface area contributed by atoms with Gasteiger partial charge in [0.2, 0.25) is 0 Å². The minimum absolute atomic E-state index is 0.120. The van der Waals surface area contributed by atoms with Crippen LogP contribution in [0.25, 0.3) is 0 Å². The molecule has 3 aromatic rings. The zero-order valence-corrected chi connectivity index (χ0v) is 13.7. The number of carbonyl (C=O) groups excluding carboxylic acids is 1. The van der Waals surface area contributed by atoms with Crippen molar-refractivity contribution < 1.29 is 14.1 Å². The number of hydrogen-bond donors (Lipinski definition) is 0. The van der Waals surface area contributed by atoms with Crippen molar-refractivity contribution in [3.8, 4) is 5.75 Å². The van der Waals surface area contributed by atoms with Gasteiger partial charge in [-0.1, -0.05) is 28.6 Å². The molecule has 0 N–H and O–H groups in total. The molecule has 3 heterocycles. The van der Waals surface area contributed by atoms with Gasteiger partial charge in [-0.3, -0.25) is 4.79 Å². The zero-order valence-electron chi connectivity index (χ0n) is 13.7. The molecule has 25 heavy (non-hydrogen) atoms. The molecule has 8 nitrogen and oxygen atoms in total. The molecule has 1 fully saturated rings. The van der Waals surface area contributed by atoms with Gasteiger partial charge in [-0.25, -0.2) is 4.68 Å². The molecule has 4 rings (SSSR count). The Balaban J connectivity index is 1.31. The number of hydrogen-bond acceptors (Lipinski definition) is 6. The molecule has 0 spiro atoms. The number of ether oxygens (including phenoxy) is 1. The number of amides is 1. The molecule has 0 aliphatic carbocycles. The molecule has 0 bridgehead atoms. The minimum atomic E-state index is -0.124. The smallest absolute Gasteiger partial charge is 0.276 e. The fourth-order valence-electron chi connectivity index (χ4n) is 2.65. The molecule has 1 aromatic carbocycles. The molecule has 0 radical (unpaired) electrons. The van der Waals surface area contributed by atoms with E-state index in [9.17, 15) is 4.79 Å². The first-order valence-corrected chi connectivity index (χ1v) is 8.00. The first-order valence-electron chi connectivity index (χ1n) is 8.00. The summed E-state index contributed by atoms with van der Waals surface area (Å²) in [4.78, 5) is 13.9. The Morgan fingerprint density at radius 3 is 2.84 bits per heavy atom. The number of benzene rings is 1. The lowest BCUT2D eigenvalue weighted by molar-refractivity contribution is 0.0488. The molecular weight excluding hydrogens is 322 g/mol. The van der Waals surface area contributed by atoms with Crippen molar-refractivity contribution in [1.29, 1.82) is 0 Å². The summed E-state index contributed by atoms with van der Waals surface area (Å²) >= 11 is 0. The number of para-hydroxylation sites is 1. The van der Waals surface area contributed by atoms with Crippen molar-refractivity contribution in [2.24, 2.45) is 0 Å². The van der Waals surface area contributed by atoms with Crippen LogP contribution in [0.5, 0.6) is 5.75 Å². The maximum atomic E-state index is 12.2. The van der Waals surface area contributed by atoms with Gasteiger partial charge >= 0.3 is 0 Å². The highest BCUT2D eigenvalue weighted by molar-refractivity contribution is 5.92. The lowest BCUT2D eigenvalue weighted by atomic mass is 10.1. The SMILES string of the molecule is Cc1cc(C(=O)N2CC(n3cc(COc4ccccc4)nn3)C2)no1. The number of likely N-dealkylation sites (tertiary alicyclic amines) is 1. The summed E-state index contributed by atoms with van der Waals surface area (Å²) in [6.07, 6.45) is 1.86. The average Bonchev–Trinajstić information content (AvgIpc) is 3.22. The zero-order chi connectivity index (χ0) is 17.2. The van der Waals surface area contributed by atoms with Gasteiger partial charge in [-0.15, -0.1) is 5.10 Å². The number of aromatic nitrogens is 4.